The minimum atomic E-state index is -0.906. The first kappa shape index (κ1) is 19.0. The second-order valence-electron chi connectivity index (χ2n) is 4.65. The van der Waals surface area contributed by atoms with E-state index in [1.165, 1.54) is 36.4 Å². The molecule has 25 heavy (non-hydrogen) atoms. The number of hydrogen-bond acceptors (Lipinski definition) is 5. The first-order valence-electron chi connectivity index (χ1n) is 6.64. The number of hydrogen-bond donors (Lipinski definition) is 1. The topological polar surface area (TPSA) is 98.5 Å². The van der Waals surface area contributed by atoms with Crippen LogP contribution in [0.1, 0.15) is 10.4 Å². The minimum Gasteiger partial charge on any atom is -0.452 e. The monoisotopic (exact) mass is 402 g/mol. The van der Waals surface area contributed by atoms with Crippen molar-refractivity contribution in [1.82, 2.24) is 0 Å². The molecule has 0 fully saturated rings. The van der Waals surface area contributed by atoms with Crippen molar-refractivity contribution in [1.29, 1.82) is 0 Å². The number of esters is 1. The number of halogens is 3. The summed E-state index contributed by atoms with van der Waals surface area (Å²) in [6.07, 6.45) is 0. The van der Waals surface area contributed by atoms with Gasteiger partial charge >= 0.3 is 5.97 Å². The van der Waals surface area contributed by atoms with Crippen LogP contribution in [-0.2, 0) is 9.53 Å². The van der Waals surface area contributed by atoms with Crippen LogP contribution >= 0.6 is 34.8 Å². The van der Waals surface area contributed by atoms with Gasteiger partial charge in [-0.25, -0.2) is 4.79 Å². The Morgan fingerprint density at radius 3 is 2.24 bits per heavy atom. The molecule has 0 aromatic heterocycles. The lowest BCUT2D eigenvalue weighted by molar-refractivity contribution is -0.384. The second-order valence-corrected chi connectivity index (χ2v) is 5.84. The zero-order valence-electron chi connectivity index (χ0n) is 12.3. The van der Waals surface area contributed by atoms with Crippen LogP contribution in [0.2, 0.25) is 15.1 Å². The molecule has 1 amide bonds. The molecule has 0 radical (unpaired) electrons. The van der Waals surface area contributed by atoms with Crippen molar-refractivity contribution < 1.29 is 19.2 Å². The number of anilines is 1. The van der Waals surface area contributed by atoms with Crippen molar-refractivity contribution in [2.45, 2.75) is 0 Å². The summed E-state index contributed by atoms with van der Waals surface area (Å²) in [5.74, 6) is -1.55. The van der Waals surface area contributed by atoms with Crippen LogP contribution in [0.5, 0.6) is 0 Å². The molecule has 0 atom stereocenters. The summed E-state index contributed by atoms with van der Waals surface area (Å²) >= 11 is 17.6. The van der Waals surface area contributed by atoms with Crippen LogP contribution in [0.15, 0.2) is 36.4 Å². The summed E-state index contributed by atoms with van der Waals surface area (Å²) in [4.78, 5) is 33.8. The molecule has 1 N–H and O–H groups in total. The number of carbonyl (C=O) groups excluding carboxylic acids is 2. The Bertz CT molecular complexity index is 840. The highest BCUT2D eigenvalue weighted by Gasteiger charge is 2.19. The van der Waals surface area contributed by atoms with E-state index < -0.39 is 23.4 Å². The molecule has 0 bridgehead atoms. The third-order valence-electron chi connectivity index (χ3n) is 2.94. The van der Waals surface area contributed by atoms with Crippen molar-refractivity contribution in [3.63, 3.8) is 0 Å². The second kappa shape index (κ2) is 8.15. The summed E-state index contributed by atoms with van der Waals surface area (Å²) in [6, 6.07) is 7.96. The Kier molecular flexibility index (Phi) is 6.19. The molecule has 0 spiro atoms. The minimum absolute atomic E-state index is 0.0372. The number of ether oxygens (including phenoxy) is 1. The summed E-state index contributed by atoms with van der Waals surface area (Å²) < 4.78 is 4.85. The molecule has 0 saturated heterocycles. The summed E-state index contributed by atoms with van der Waals surface area (Å²) in [7, 11) is 0. The van der Waals surface area contributed by atoms with Gasteiger partial charge in [-0.3, -0.25) is 14.9 Å². The van der Waals surface area contributed by atoms with E-state index in [1.54, 1.807) is 0 Å². The molecule has 0 aliphatic carbocycles. The maximum atomic E-state index is 12.0. The molecule has 0 heterocycles. The predicted molar refractivity (Wildman–Crippen MR) is 93.5 cm³/mol. The summed E-state index contributed by atoms with van der Waals surface area (Å²) in [5.41, 5.74) is 0.0547. The third-order valence-corrected chi connectivity index (χ3v) is 4.06. The number of nitro groups is 1. The van der Waals surface area contributed by atoms with E-state index >= 15 is 0 Å². The Labute approximate surface area is 156 Å². The van der Waals surface area contributed by atoms with Crippen LogP contribution in [-0.4, -0.2) is 23.4 Å². The number of nitrogens with one attached hydrogen (secondary N) is 1. The SMILES string of the molecule is O=C(COC(=O)c1c(Cl)ccc(Cl)c1Cl)Nc1ccc([N+](=O)[O-])cc1. The number of nitrogens with zero attached hydrogens (tertiary/aromatic N) is 1. The van der Waals surface area contributed by atoms with E-state index in [2.05, 4.69) is 5.32 Å². The van der Waals surface area contributed by atoms with Crippen LogP contribution < -0.4 is 5.32 Å². The van der Waals surface area contributed by atoms with Gasteiger partial charge in [-0.2, -0.15) is 0 Å². The molecule has 10 heteroatoms. The van der Waals surface area contributed by atoms with E-state index in [1.807, 2.05) is 0 Å². The van der Waals surface area contributed by atoms with E-state index in [9.17, 15) is 19.7 Å². The molecule has 130 valence electrons. The van der Waals surface area contributed by atoms with Crippen molar-refractivity contribution in [3.05, 3.63) is 67.1 Å². The van der Waals surface area contributed by atoms with E-state index in [0.717, 1.165) is 0 Å². The lowest BCUT2D eigenvalue weighted by Gasteiger charge is -2.09. The Balaban J connectivity index is 1.97. The number of benzene rings is 2. The van der Waals surface area contributed by atoms with Crippen molar-refractivity contribution >= 4 is 58.1 Å². The average Bonchev–Trinajstić information content (AvgIpc) is 2.57. The quantitative estimate of drug-likeness (QED) is 0.346. The number of carbonyl (C=O) groups is 2. The Morgan fingerprint density at radius 2 is 1.64 bits per heavy atom. The van der Waals surface area contributed by atoms with Gasteiger partial charge in [-0.15, -0.1) is 0 Å². The number of non-ortho nitro benzene ring substituents is 1. The van der Waals surface area contributed by atoms with Gasteiger partial charge in [-0.05, 0) is 24.3 Å². The van der Waals surface area contributed by atoms with Crippen LogP contribution in [0.4, 0.5) is 11.4 Å². The first-order valence-corrected chi connectivity index (χ1v) is 7.78. The van der Waals surface area contributed by atoms with Crippen molar-refractivity contribution in [3.8, 4) is 0 Å². The number of amides is 1. The fraction of sp³-hybridized carbons (Fsp3) is 0.0667. The van der Waals surface area contributed by atoms with E-state index in [4.69, 9.17) is 39.5 Å². The first-order chi connectivity index (χ1) is 11.8. The standard InChI is InChI=1S/C15H9Cl3N2O5/c16-10-5-6-11(17)14(18)13(10)15(22)25-7-12(21)19-8-1-3-9(4-2-8)20(23)24/h1-6H,7H2,(H,19,21). The molecule has 0 saturated carbocycles. The molecular formula is C15H9Cl3N2O5. The maximum absolute atomic E-state index is 12.0. The van der Waals surface area contributed by atoms with E-state index in [-0.39, 0.29) is 26.3 Å². The number of rotatable bonds is 5. The van der Waals surface area contributed by atoms with Gasteiger partial charge in [0.2, 0.25) is 0 Å². The Morgan fingerprint density at radius 1 is 1.04 bits per heavy atom. The van der Waals surface area contributed by atoms with Gasteiger partial charge in [0.25, 0.3) is 11.6 Å². The molecule has 2 aromatic carbocycles. The van der Waals surface area contributed by atoms with Gasteiger partial charge in [0, 0.05) is 17.8 Å². The smallest absolute Gasteiger partial charge is 0.341 e. The Hall–Kier alpha value is -2.35. The highest BCUT2D eigenvalue weighted by atomic mass is 35.5. The summed E-state index contributed by atoms with van der Waals surface area (Å²) in [6.45, 7) is -0.602. The molecular weight excluding hydrogens is 395 g/mol. The van der Waals surface area contributed by atoms with Gasteiger partial charge < -0.3 is 10.1 Å². The highest BCUT2D eigenvalue weighted by molar-refractivity contribution is 6.46. The fourth-order valence-corrected chi connectivity index (χ4v) is 2.46. The van der Waals surface area contributed by atoms with Gasteiger partial charge in [0.1, 0.15) is 0 Å². The van der Waals surface area contributed by atoms with Crippen LogP contribution in [0.25, 0.3) is 0 Å². The fourth-order valence-electron chi connectivity index (χ4n) is 1.78. The molecule has 2 rings (SSSR count). The van der Waals surface area contributed by atoms with E-state index in [0.29, 0.717) is 5.69 Å². The number of nitro benzene ring substituents is 1. The average molecular weight is 404 g/mol. The third kappa shape index (κ3) is 4.82. The zero-order chi connectivity index (χ0) is 18.6. The lowest BCUT2D eigenvalue weighted by Crippen LogP contribution is -2.21. The van der Waals surface area contributed by atoms with Crippen molar-refractivity contribution in [2.24, 2.45) is 0 Å². The van der Waals surface area contributed by atoms with Gasteiger partial charge in [-0.1, -0.05) is 34.8 Å². The predicted octanol–water partition coefficient (Wildman–Crippen LogP) is 4.35. The zero-order valence-corrected chi connectivity index (χ0v) is 14.6. The summed E-state index contributed by atoms with van der Waals surface area (Å²) in [5, 5.41) is 13.1. The van der Waals surface area contributed by atoms with Crippen LogP contribution in [0.3, 0.4) is 0 Å². The maximum Gasteiger partial charge on any atom is 0.341 e. The largest absolute Gasteiger partial charge is 0.452 e. The molecule has 7 nitrogen and oxygen atoms in total. The molecule has 0 unspecified atom stereocenters. The van der Waals surface area contributed by atoms with Gasteiger partial charge in [0.15, 0.2) is 6.61 Å². The van der Waals surface area contributed by atoms with Crippen molar-refractivity contribution in [2.75, 3.05) is 11.9 Å². The van der Waals surface area contributed by atoms with Gasteiger partial charge in [0.05, 0.1) is 25.6 Å². The van der Waals surface area contributed by atoms with Crippen LogP contribution in [0, 0.1) is 10.1 Å². The lowest BCUT2D eigenvalue weighted by atomic mass is 10.2. The normalized spacial score (nSPS) is 10.2. The molecule has 0 aliphatic heterocycles. The molecule has 2 aromatic rings. The molecule has 0 aliphatic rings. The highest BCUT2D eigenvalue weighted by Crippen LogP contribution is 2.31.